The maximum atomic E-state index is 3.39. The summed E-state index contributed by atoms with van der Waals surface area (Å²) in [7, 11) is 0. The van der Waals surface area contributed by atoms with Gasteiger partial charge < -0.3 is 9.88 Å². The minimum atomic E-state index is 0.966. The zero-order valence-corrected chi connectivity index (χ0v) is 10.9. The van der Waals surface area contributed by atoms with E-state index in [1.807, 2.05) is 0 Å². The summed E-state index contributed by atoms with van der Waals surface area (Å²) in [5.41, 5.74) is 1.43. The molecular formula is C15H24N2. The molecule has 94 valence electrons. The number of nitrogens with one attached hydrogen (secondary N) is 1. The van der Waals surface area contributed by atoms with Crippen molar-refractivity contribution in [3.63, 3.8) is 0 Å². The molecule has 17 heavy (non-hydrogen) atoms. The van der Waals surface area contributed by atoms with Gasteiger partial charge >= 0.3 is 0 Å². The van der Waals surface area contributed by atoms with E-state index >= 15 is 0 Å². The molecule has 1 heterocycles. The number of hydrogen-bond donors (Lipinski definition) is 1. The summed E-state index contributed by atoms with van der Waals surface area (Å²) in [6.07, 6.45) is 10.6. The number of rotatable bonds is 5. The average Bonchev–Trinajstić information content (AvgIpc) is 3.02. The summed E-state index contributed by atoms with van der Waals surface area (Å²) < 4.78 is 2.41. The van der Waals surface area contributed by atoms with Crippen LogP contribution in [0.2, 0.25) is 0 Å². The fourth-order valence-corrected chi connectivity index (χ4v) is 3.85. The third-order valence-corrected chi connectivity index (χ3v) is 4.72. The van der Waals surface area contributed by atoms with E-state index in [9.17, 15) is 0 Å². The van der Waals surface area contributed by atoms with Gasteiger partial charge in [0.1, 0.15) is 0 Å². The van der Waals surface area contributed by atoms with Crippen LogP contribution in [0.15, 0.2) is 18.5 Å². The van der Waals surface area contributed by atoms with Crippen LogP contribution in [0.3, 0.4) is 0 Å². The fourth-order valence-electron chi connectivity index (χ4n) is 3.85. The van der Waals surface area contributed by atoms with E-state index in [-0.39, 0.29) is 0 Å². The normalized spacial score (nSPS) is 31.2. The molecule has 2 bridgehead atoms. The standard InChI is InChI=1S/C15H24N2/c1-2-16-9-13-5-6-17(10-13)11-15-8-12-3-4-14(15)7-12/h5-6,10,12,14-16H,2-4,7-9,11H2,1H3. The molecule has 2 aliphatic rings. The van der Waals surface area contributed by atoms with Crippen LogP contribution in [0.25, 0.3) is 0 Å². The van der Waals surface area contributed by atoms with Crippen LogP contribution in [-0.4, -0.2) is 11.1 Å². The molecule has 2 aliphatic carbocycles. The second kappa shape index (κ2) is 4.85. The molecule has 1 aromatic heterocycles. The van der Waals surface area contributed by atoms with Gasteiger partial charge in [0.05, 0.1) is 0 Å². The van der Waals surface area contributed by atoms with Crippen molar-refractivity contribution < 1.29 is 0 Å². The Morgan fingerprint density at radius 1 is 1.35 bits per heavy atom. The maximum Gasteiger partial charge on any atom is 0.0250 e. The average molecular weight is 232 g/mol. The Labute approximate surface area is 104 Å². The molecular weight excluding hydrogens is 208 g/mol. The molecule has 0 amide bonds. The Kier molecular flexibility index (Phi) is 3.24. The summed E-state index contributed by atoms with van der Waals surface area (Å²) in [6.45, 7) is 5.48. The lowest BCUT2D eigenvalue weighted by molar-refractivity contribution is 0.296. The highest BCUT2D eigenvalue weighted by atomic mass is 15.0. The Bertz CT molecular complexity index is 369. The van der Waals surface area contributed by atoms with Crippen molar-refractivity contribution in [2.45, 2.75) is 45.7 Å². The van der Waals surface area contributed by atoms with Crippen molar-refractivity contribution in [2.24, 2.45) is 17.8 Å². The van der Waals surface area contributed by atoms with Gasteiger partial charge in [-0.3, -0.25) is 0 Å². The topological polar surface area (TPSA) is 17.0 Å². The zero-order chi connectivity index (χ0) is 11.7. The van der Waals surface area contributed by atoms with Crippen molar-refractivity contribution in [3.8, 4) is 0 Å². The van der Waals surface area contributed by atoms with E-state index < -0.39 is 0 Å². The number of aromatic nitrogens is 1. The molecule has 0 aliphatic heterocycles. The predicted octanol–water partition coefficient (Wildman–Crippen LogP) is 3.03. The van der Waals surface area contributed by atoms with Gasteiger partial charge in [0.25, 0.3) is 0 Å². The molecule has 2 saturated carbocycles. The Morgan fingerprint density at radius 3 is 3.00 bits per heavy atom. The molecule has 2 fully saturated rings. The van der Waals surface area contributed by atoms with Gasteiger partial charge in [0.2, 0.25) is 0 Å². The van der Waals surface area contributed by atoms with Gasteiger partial charge in [-0.15, -0.1) is 0 Å². The minimum Gasteiger partial charge on any atom is -0.354 e. The Balaban J connectivity index is 1.56. The largest absolute Gasteiger partial charge is 0.354 e. The first kappa shape index (κ1) is 11.3. The molecule has 2 heteroatoms. The van der Waals surface area contributed by atoms with Gasteiger partial charge in [-0.2, -0.15) is 0 Å². The van der Waals surface area contributed by atoms with E-state index in [2.05, 4.69) is 35.3 Å². The summed E-state index contributed by atoms with van der Waals surface area (Å²) in [5, 5.41) is 3.39. The van der Waals surface area contributed by atoms with Crippen molar-refractivity contribution >= 4 is 0 Å². The molecule has 0 saturated heterocycles. The highest BCUT2D eigenvalue weighted by Gasteiger charge is 2.39. The van der Waals surface area contributed by atoms with Crippen LogP contribution in [-0.2, 0) is 13.1 Å². The second-order valence-electron chi connectivity index (χ2n) is 5.93. The summed E-state index contributed by atoms with van der Waals surface area (Å²) in [4.78, 5) is 0. The summed E-state index contributed by atoms with van der Waals surface area (Å²) >= 11 is 0. The first-order chi connectivity index (χ1) is 8.35. The molecule has 3 rings (SSSR count). The smallest absolute Gasteiger partial charge is 0.0250 e. The van der Waals surface area contributed by atoms with Gasteiger partial charge in [-0.05, 0) is 55.2 Å². The highest BCUT2D eigenvalue weighted by Crippen LogP contribution is 2.48. The van der Waals surface area contributed by atoms with Gasteiger partial charge in [0, 0.05) is 25.5 Å². The maximum absolute atomic E-state index is 3.39. The zero-order valence-electron chi connectivity index (χ0n) is 10.9. The molecule has 2 nitrogen and oxygen atoms in total. The number of fused-ring (bicyclic) bond motifs is 2. The lowest BCUT2D eigenvalue weighted by Crippen LogP contribution is -2.16. The fraction of sp³-hybridized carbons (Fsp3) is 0.733. The minimum absolute atomic E-state index is 0.966. The van der Waals surface area contributed by atoms with Crippen LogP contribution >= 0.6 is 0 Å². The molecule has 1 N–H and O–H groups in total. The summed E-state index contributed by atoms with van der Waals surface area (Å²) in [5.74, 6) is 3.08. The molecule has 0 radical (unpaired) electrons. The molecule has 3 unspecified atom stereocenters. The first-order valence-electron chi connectivity index (χ1n) is 7.20. The van der Waals surface area contributed by atoms with Crippen LogP contribution in [0.4, 0.5) is 0 Å². The predicted molar refractivity (Wildman–Crippen MR) is 70.8 cm³/mol. The van der Waals surface area contributed by atoms with Crippen LogP contribution in [0.5, 0.6) is 0 Å². The van der Waals surface area contributed by atoms with E-state index in [1.54, 1.807) is 0 Å². The quantitative estimate of drug-likeness (QED) is 0.825. The van der Waals surface area contributed by atoms with E-state index in [1.165, 1.54) is 37.8 Å². The molecule has 1 aromatic rings. The summed E-state index contributed by atoms with van der Waals surface area (Å²) in [6, 6.07) is 2.26. The second-order valence-corrected chi connectivity index (χ2v) is 5.93. The van der Waals surface area contributed by atoms with Gasteiger partial charge in [-0.1, -0.05) is 13.3 Å². The number of nitrogens with zero attached hydrogens (tertiary/aromatic N) is 1. The third-order valence-electron chi connectivity index (χ3n) is 4.72. The monoisotopic (exact) mass is 232 g/mol. The lowest BCUT2D eigenvalue weighted by atomic mass is 9.89. The van der Waals surface area contributed by atoms with Gasteiger partial charge in [-0.25, -0.2) is 0 Å². The lowest BCUT2D eigenvalue weighted by Gasteiger charge is -2.21. The molecule has 0 aromatic carbocycles. The van der Waals surface area contributed by atoms with Crippen LogP contribution in [0, 0.1) is 17.8 Å². The number of hydrogen-bond acceptors (Lipinski definition) is 1. The highest BCUT2D eigenvalue weighted by molar-refractivity contribution is 5.10. The molecule has 0 spiro atoms. The van der Waals surface area contributed by atoms with E-state index in [0.717, 1.165) is 30.8 Å². The Hall–Kier alpha value is -0.760. The van der Waals surface area contributed by atoms with Crippen molar-refractivity contribution in [1.29, 1.82) is 0 Å². The van der Waals surface area contributed by atoms with E-state index in [4.69, 9.17) is 0 Å². The van der Waals surface area contributed by atoms with Crippen LogP contribution < -0.4 is 5.32 Å². The third kappa shape index (κ3) is 2.42. The van der Waals surface area contributed by atoms with Crippen molar-refractivity contribution in [2.75, 3.05) is 6.54 Å². The molecule has 3 atom stereocenters. The van der Waals surface area contributed by atoms with Crippen molar-refractivity contribution in [1.82, 2.24) is 9.88 Å². The van der Waals surface area contributed by atoms with Crippen LogP contribution in [0.1, 0.15) is 38.2 Å². The van der Waals surface area contributed by atoms with Crippen molar-refractivity contribution in [3.05, 3.63) is 24.0 Å². The SMILES string of the molecule is CCNCc1ccn(CC2CC3CCC2C3)c1. The van der Waals surface area contributed by atoms with E-state index in [0.29, 0.717) is 0 Å². The van der Waals surface area contributed by atoms with Gasteiger partial charge in [0.15, 0.2) is 0 Å². The Morgan fingerprint density at radius 2 is 2.29 bits per heavy atom. The first-order valence-corrected chi connectivity index (χ1v) is 7.20.